The summed E-state index contributed by atoms with van der Waals surface area (Å²) in [7, 11) is 0. The Hall–Kier alpha value is -2.21. The zero-order chi connectivity index (χ0) is 20.2. The lowest BCUT2D eigenvalue weighted by molar-refractivity contribution is 0.513. The number of aryl methyl sites for hydroxylation is 1. The Morgan fingerprint density at radius 3 is 2.34 bits per heavy atom. The van der Waals surface area contributed by atoms with Gasteiger partial charge in [0, 0.05) is 18.4 Å². The molecule has 1 N–H and O–H groups in total. The van der Waals surface area contributed by atoms with E-state index in [4.69, 9.17) is 4.42 Å². The molecule has 3 heterocycles. The smallest absolute Gasteiger partial charge is 0.349 e. The van der Waals surface area contributed by atoms with Gasteiger partial charge in [0.15, 0.2) is 0 Å². The lowest BCUT2D eigenvalue weighted by Gasteiger charge is -2.05. The van der Waals surface area contributed by atoms with Gasteiger partial charge in [-0.1, -0.05) is 57.4 Å². The van der Waals surface area contributed by atoms with Crippen molar-refractivity contribution < 1.29 is 4.42 Å². The summed E-state index contributed by atoms with van der Waals surface area (Å²) in [5.74, 6) is 0. The first-order chi connectivity index (χ1) is 14.3. The first kappa shape index (κ1) is 21.5. The van der Waals surface area contributed by atoms with Crippen LogP contribution in [0.1, 0.15) is 69.9 Å². The molecule has 0 unspecified atom stereocenters. The molecule has 3 aromatic rings. The normalized spacial score (nSPS) is 11.2. The summed E-state index contributed by atoms with van der Waals surface area (Å²) in [4.78, 5) is 21.2. The lowest BCUT2D eigenvalue weighted by Crippen LogP contribution is -2.08. The van der Waals surface area contributed by atoms with Crippen LogP contribution in [0.3, 0.4) is 0 Å². The van der Waals surface area contributed by atoms with Crippen LogP contribution in [-0.4, -0.2) is 16.5 Å². The largest absolute Gasteiger partial charge is 0.389 e. The molecule has 0 aliphatic heterocycles. The monoisotopic (exact) mass is 413 g/mol. The van der Waals surface area contributed by atoms with Crippen molar-refractivity contribution in [2.24, 2.45) is 0 Å². The van der Waals surface area contributed by atoms with Crippen LogP contribution in [0.25, 0.3) is 10.2 Å². The summed E-state index contributed by atoms with van der Waals surface area (Å²) < 4.78 is 5.20. The van der Waals surface area contributed by atoms with E-state index in [2.05, 4.69) is 27.4 Å². The number of nitrogens with zero attached hydrogens (tertiary/aromatic N) is 2. The van der Waals surface area contributed by atoms with Crippen LogP contribution in [0.15, 0.2) is 45.1 Å². The average Bonchev–Trinajstić information content (AvgIpc) is 3.21. The Labute approximate surface area is 176 Å². The maximum absolute atomic E-state index is 11.8. The highest BCUT2D eigenvalue weighted by molar-refractivity contribution is 7.16. The number of anilines is 1. The van der Waals surface area contributed by atoms with Gasteiger partial charge >= 0.3 is 5.63 Å². The van der Waals surface area contributed by atoms with E-state index in [-0.39, 0.29) is 5.63 Å². The highest BCUT2D eigenvalue weighted by Crippen LogP contribution is 2.17. The summed E-state index contributed by atoms with van der Waals surface area (Å²) in [6.45, 7) is 0.795. The Balaban J connectivity index is 1.13. The number of unbranched alkanes of at least 4 members (excludes halogenated alkanes) is 9. The molecule has 0 atom stereocenters. The number of hydrogen-bond donors (Lipinski definition) is 1. The first-order valence-corrected chi connectivity index (χ1v) is 11.7. The van der Waals surface area contributed by atoms with Crippen molar-refractivity contribution in [2.75, 3.05) is 11.9 Å². The van der Waals surface area contributed by atoms with Crippen LogP contribution in [0.5, 0.6) is 0 Å². The van der Waals surface area contributed by atoms with E-state index >= 15 is 0 Å². The molecule has 0 aliphatic rings. The minimum Gasteiger partial charge on any atom is -0.389 e. The van der Waals surface area contributed by atoms with Crippen LogP contribution in [-0.2, 0) is 6.42 Å². The molecular formula is C23H31N3O2S. The molecule has 0 bridgehead atoms. The number of hydrogen-bond acceptors (Lipinski definition) is 6. The molecule has 29 heavy (non-hydrogen) atoms. The van der Waals surface area contributed by atoms with Gasteiger partial charge in [0.25, 0.3) is 6.01 Å². The van der Waals surface area contributed by atoms with Crippen LogP contribution in [0.2, 0.25) is 0 Å². The van der Waals surface area contributed by atoms with Crippen molar-refractivity contribution in [3.05, 3.63) is 52.0 Å². The van der Waals surface area contributed by atoms with Crippen molar-refractivity contribution in [3.8, 4) is 0 Å². The fourth-order valence-corrected chi connectivity index (χ4v) is 4.21. The van der Waals surface area contributed by atoms with Gasteiger partial charge in [-0.2, -0.15) is 4.98 Å². The predicted octanol–water partition coefficient (Wildman–Crippen LogP) is 6.20. The number of nitrogens with one attached hydrogen (secondary N) is 1. The second-order valence-corrected chi connectivity index (χ2v) is 8.37. The fraction of sp³-hybridized carbons (Fsp3) is 0.522. The van der Waals surface area contributed by atoms with E-state index in [1.807, 2.05) is 17.6 Å². The molecule has 0 radical (unpaired) electrons. The zero-order valence-electron chi connectivity index (χ0n) is 17.1. The minimum atomic E-state index is -0.310. The molecule has 3 aromatic heterocycles. The maximum Gasteiger partial charge on any atom is 0.349 e. The number of thiophene rings is 1. The molecule has 0 saturated carbocycles. The molecule has 3 rings (SSSR count). The molecule has 5 nitrogen and oxygen atoms in total. The molecule has 6 heteroatoms. The van der Waals surface area contributed by atoms with Crippen molar-refractivity contribution in [1.29, 1.82) is 0 Å². The van der Waals surface area contributed by atoms with Gasteiger partial charge in [-0.15, -0.1) is 11.3 Å². The van der Waals surface area contributed by atoms with Crippen molar-refractivity contribution in [3.63, 3.8) is 0 Å². The van der Waals surface area contributed by atoms with E-state index < -0.39 is 0 Å². The van der Waals surface area contributed by atoms with E-state index in [1.165, 1.54) is 74.8 Å². The Morgan fingerprint density at radius 2 is 1.62 bits per heavy atom. The Bertz CT molecular complexity index is 892. The standard InChI is InChI=1S/C23H31N3O2S/c27-22-20-15-18-29-21(20)26-23(28-22)25-17-11-8-6-4-2-1-3-5-7-9-13-19-14-10-12-16-24-19/h10,12,14-16,18H,1-9,11,13,17H2,(H,25,26). The van der Waals surface area contributed by atoms with Gasteiger partial charge in [-0.05, 0) is 42.8 Å². The highest BCUT2D eigenvalue weighted by atomic mass is 32.1. The molecule has 0 saturated heterocycles. The molecule has 0 amide bonds. The number of aromatic nitrogens is 2. The van der Waals surface area contributed by atoms with Gasteiger partial charge in [-0.25, -0.2) is 4.79 Å². The van der Waals surface area contributed by atoms with Gasteiger partial charge in [0.2, 0.25) is 0 Å². The molecule has 0 spiro atoms. The van der Waals surface area contributed by atoms with Crippen molar-refractivity contribution in [1.82, 2.24) is 9.97 Å². The number of pyridine rings is 1. The summed E-state index contributed by atoms with van der Waals surface area (Å²) in [6, 6.07) is 8.25. The van der Waals surface area contributed by atoms with Gasteiger partial charge < -0.3 is 9.73 Å². The molecule has 156 valence electrons. The predicted molar refractivity (Wildman–Crippen MR) is 121 cm³/mol. The highest BCUT2D eigenvalue weighted by Gasteiger charge is 2.06. The third-order valence-electron chi connectivity index (χ3n) is 5.12. The third-order valence-corrected chi connectivity index (χ3v) is 5.93. The van der Waals surface area contributed by atoms with E-state index in [0.29, 0.717) is 11.4 Å². The third kappa shape index (κ3) is 7.61. The Kier molecular flexibility index (Phi) is 9.17. The second-order valence-electron chi connectivity index (χ2n) is 7.48. The van der Waals surface area contributed by atoms with Crippen molar-refractivity contribution >= 4 is 27.6 Å². The van der Waals surface area contributed by atoms with E-state index in [1.54, 1.807) is 6.07 Å². The number of rotatable bonds is 14. The summed E-state index contributed by atoms with van der Waals surface area (Å²) >= 11 is 1.46. The zero-order valence-corrected chi connectivity index (χ0v) is 17.9. The molecule has 0 aliphatic carbocycles. The quantitative estimate of drug-likeness (QED) is 0.319. The van der Waals surface area contributed by atoms with Gasteiger partial charge in [0.05, 0.1) is 5.39 Å². The molecular weight excluding hydrogens is 382 g/mol. The van der Waals surface area contributed by atoms with E-state index in [0.717, 1.165) is 24.2 Å². The Morgan fingerprint density at radius 1 is 0.897 bits per heavy atom. The average molecular weight is 414 g/mol. The maximum atomic E-state index is 11.8. The van der Waals surface area contributed by atoms with Crippen LogP contribution in [0.4, 0.5) is 6.01 Å². The summed E-state index contributed by atoms with van der Waals surface area (Å²) in [6.07, 6.45) is 15.7. The van der Waals surface area contributed by atoms with Gasteiger partial charge in [-0.3, -0.25) is 4.98 Å². The SMILES string of the molecule is O=c1oc(NCCCCCCCCCCCCc2ccccn2)nc2sccc12. The van der Waals surface area contributed by atoms with Gasteiger partial charge in [0.1, 0.15) is 4.83 Å². The summed E-state index contributed by atoms with van der Waals surface area (Å²) in [5, 5.41) is 5.56. The molecule has 0 fully saturated rings. The van der Waals surface area contributed by atoms with Crippen LogP contribution >= 0.6 is 11.3 Å². The van der Waals surface area contributed by atoms with E-state index in [9.17, 15) is 4.79 Å². The van der Waals surface area contributed by atoms with Crippen LogP contribution in [0, 0.1) is 0 Å². The van der Waals surface area contributed by atoms with Crippen LogP contribution < -0.4 is 10.9 Å². The first-order valence-electron chi connectivity index (χ1n) is 10.8. The minimum absolute atomic E-state index is 0.310. The summed E-state index contributed by atoms with van der Waals surface area (Å²) in [5.41, 5.74) is 0.905. The van der Waals surface area contributed by atoms with Crippen molar-refractivity contribution in [2.45, 2.75) is 70.6 Å². The fourth-order valence-electron chi connectivity index (χ4n) is 3.46. The lowest BCUT2D eigenvalue weighted by atomic mass is 10.0. The topological polar surface area (TPSA) is 68.0 Å². The number of fused-ring (bicyclic) bond motifs is 1. The molecule has 0 aromatic carbocycles. The second kappa shape index (κ2) is 12.4.